The Morgan fingerprint density at radius 2 is 1.52 bits per heavy atom. The molecule has 7 atom stereocenters. The van der Waals surface area contributed by atoms with E-state index in [4.69, 9.17) is 0 Å². The van der Waals surface area contributed by atoms with Crippen LogP contribution in [0.2, 0.25) is 0 Å². The molecule has 0 saturated carbocycles. The first-order valence-corrected chi connectivity index (χ1v) is 11.7. The highest BCUT2D eigenvalue weighted by Crippen LogP contribution is 2.54. The van der Waals surface area contributed by atoms with E-state index in [0.29, 0.717) is 12.1 Å². The van der Waals surface area contributed by atoms with Crippen LogP contribution in [0.5, 0.6) is 0 Å². The van der Waals surface area contributed by atoms with Crippen molar-refractivity contribution in [3.05, 3.63) is 71.8 Å². The van der Waals surface area contributed by atoms with Gasteiger partial charge in [0.05, 0.1) is 29.1 Å². The van der Waals surface area contributed by atoms with Crippen LogP contribution in [0.4, 0.5) is 0 Å². The highest BCUT2D eigenvalue weighted by atomic mass is 127. The lowest BCUT2D eigenvalue weighted by molar-refractivity contribution is -0.976. The summed E-state index contributed by atoms with van der Waals surface area (Å²) in [5.74, 6) is 0. The molecule has 3 heteroatoms. The largest absolute Gasteiger partial charge is 0.312 e. The quantitative estimate of drug-likeness (QED) is 0.329. The van der Waals surface area contributed by atoms with Crippen molar-refractivity contribution in [3.8, 4) is 0 Å². The Morgan fingerprint density at radius 1 is 0.889 bits per heavy atom. The van der Waals surface area contributed by atoms with Gasteiger partial charge in [-0.25, -0.2) is 0 Å². The Hall–Kier alpha value is -0.910. The first-order valence-electron chi connectivity index (χ1n) is 10.5. The van der Waals surface area contributed by atoms with E-state index in [-0.39, 0.29) is 0 Å². The first-order chi connectivity index (χ1) is 13.1. The van der Waals surface area contributed by atoms with E-state index in [2.05, 4.69) is 102 Å². The minimum Gasteiger partial charge on any atom is -0.312 e. The Kier molecular flexibility index (Phi) is 4.60. The molecule has 2 aromatic carbocycles. The average Bonchev–Trinajstić information content (AvgIpc) is 3.25. The molecule has 0 spiro atoms. The minimum atomic E-state index is 0.530. The summed E-state index contributed by atoms with van der Waals surface area (Å²) in [6, 6.07) is 25.8. The van der Waals surface area contributed by atoms with E-state index in [9.17, 15) is 0 Å². The molecule has 2 bridgehead atoms. The zero-order valence-corrected chi connectivity index (χ0v) is 18.5. The van der Waals surface area contributed by atoms with E-state index < -0.39 is 0 Å². The van der Waals surface area contributed by atoms with Crippen LogP contribution >= 0.6 is 22.6 Å². The summed E-state index contributed by atoms with van der Waals surface area (Å²) in [4.78, 5) is 2.90. The second-order valence-corrected chi connectivity index (χ2v) is 10.7. The summed E-state index contributed by atoms with van der Waals surface area (Å²) in [6.07, 6.45) is 2.75. The van der Waals surface area contributed by atoms with Gasteiger partial charge >= 0.3 is 0 Å². The van der Waals surface area contributed by atoms with E-state index in [0.717, 1.165) is 22.1 Å². The van der Waals surface area contributed by atoms with Gasteiger partial charge in [0.25, 0.3) is 0 Å². The number of benzene rings is 2. The third-order valence-electron chi connectivity index (χ3n) is 7.79. The molecule has 0 aliphatic carbocycles. The SMILES string of the molecule is C[C@@H](c1ccccc1)N1[C@@H]2C[C@@H]3[C@H]1C[C@@H](I)C[N+]3([C@@H](C)c1ccccc1)C2. The van der Waals surface area contributed by atoms with Crippen molar-refractivity contribution in [2.24, 2.45) is 0 Å². The number of hydrogen-bond acceptors (Lipinski definition) is 1. The smallest absolute Gasteiger partial charge is 0.112 e. The van der Waals surface area contributed by atoms with Crippen LogP contribution < -0.4 is 0 Å². The Bertz CT molecular complexity index is 795. The summed E-state index contributed by atoms with van der Waals surface area (Å²) >= 11 is 2.74. The van der Waals surface area contributed by atoms with Gasteiger partial charge in [0.1, 0.15) is 12.1 Å². The molecule has 0 radical (unpaired) electrons. The standard InChI is InChI=1S/C24H30IN2/c1-17(19-9-5-3-6-10-19)26-22-14-24-23(26)13-21(25)15-27(24,16-22)18(2)20-11-7-4-8-12-20/h3-12,17-18,21-24H,13-16H2,1-2H3/q+1/t17-,18-,21+,22+,23+,24+,27?/m0/s1. The Morgan fingerprint density at radius 3 is 2.19 bits per heavy atom. The number of rotatable bonds is 4. The van der Waals surface area contributed by atoms with Crippen LogP contribution in [0.1, 0.15) is 49.9 Å². The highest BCUT2D eigenvalue weighted by Gasteiger charge is 2.65. The number of quaternary nitrogens is 1. The van der Waals surface area contributed by atoms with Crippen molar-refractivity contribution in [2.45, 2.75) is 60.8 Å². The lowest BCUT2D eigenvalue weighted by atomic mass is 9.89. The highest BCUT2D eigenvalue weighted by molar-refractivity contribution is 14.1. The predicted octanol–water partition coefficient (Wildman–Crippen LogP) is 5.36. The molecule has 2 aromatic rings. The van der Waals surface area contributed by atoms with Gasteiger partial charge in [-0.1, -0.05) is 83.3 Å². The average molecular weight is 473 g/mol. The summed E-state index contributed by atoms with van der Waals surface area (Å²) in [6.45, 7) is 7.60. The molecule has 27 heavy (non-hydrogen) atoms. The van der Waals surface area contributed by atoms with Gasteiger partial charge in [0.2, 0.25) is 0 Å². The van der Waals surface area contributed by atoms with Crippen LogP contribution in [0.3, 0.4) is 0 Å². The number of likely N-dealkylation sites (tertiary alicyclic amines) is 1. The topological polar surface area (TPSA) is 3.24 Å². The third kappa shape index (κ3) is 2.80. The molecule has 3 aliphatic rings. The molecule has 1 unspecified atom stereocenters. The number of piperazine rings is 1. The summed E-state index contributed by atoms with van der Waals surface area (Å²) in [7, 11) is 0. The van der Waals surface area contributed by atoms with E-state index in [1.165, 1.54) is 41.5 Å². The Balaban J connectivity index is 1.48. The molecule has 3 heterocycles. The number of alkyl halides is 1. The van der Waals surface area contributed by atoms with Crippen LogP contribution in [-0.2, 0) is 0 Å². The summed E-state index contributed by atoms with van der Waals surface area (Å²) in [5.41, 5.74) is 3.01. The fraction of sp³-hybridized carbons (Fsp3) is 0.500. The zero-order chi connectivity index (χ0) is 18.6. The third-order valence-corrected chi connectivity index (χ3v) is 8.69. The summed E-state index contributed by atoms with van der Waals surface area (Å²) < 4.78 is 2.10. The molecular weight excluding hydrogens is 443 g/mol. The number of fused-ring (bicyclic) bond motifs is 1. The van der Waals surface area contributed by atoms with Gasteiger partial charge in [-0.2, -0.15) is 0 Å². The van der Waals surface area contributed by atoms with Crippen molar-refractivity contribution in [1.82, 2.24) is 4.90 Å². The normalized spacial score (nSPS) is 37.3. The monoisotopic (exact) mass is 473 g/mol. The second-order valence-electron chi connectivity index (χ2n) is 8.95. The molecular formula is C24H30IN2+. The molecule has 0 amide bonds. The number of hydrogen-bond donors (Lipinski definition) is 0. The minimum absolute atomic E-state index is 0.530. The van der Waals surface area contributed by atoms with Crippen molar-refractivity contribution in [2.75, 3.05) is 13.1 Å². The molecule has 142 valence electrons. The van der Waals surface area contributed by atoms with Crippen molar-refractivity contribution < 1.29 is 4.48 Å². The van der Waals surface area contributed by atoms with Crippen LogP contribution in [0.25, 0.3) is 0 Å². The molecule has 0 aromatic heterocycles. The van der Waals surface area contributed by atoms with Gasteiger partial charge in [0, 0.05) is 18.0 Å². The molecule has 3 fully saturated rings. The fourth-order valence-electron chi connectivity index (χ4n) is 6.61. The molecule has 2 nitrogen and oxygen atoms in total. The lowest BCUT2D eigenvalue weighted by Crippen LogP contribution is -2.69. The maximum absolute atomic E-state index is 2.90. The van der Waals surface area contributed by atoms with Gasteiger partial charge in [-0.3, -0.25) is 4.90 Å². The first kappa shape index (κ1) is 18.1. The fourth-order valence-corrected chi connectivity index (χ4v) is 7.86. The Labute approximate surface area is 177 Å². The van der Waals surface area contributed by atoms with Crippen LogP contribution in [0, 0.1) is 0 Å². The van der Waals surface area contributed by atoms with Gasteiger partial charge in [-0.05, 0) is 25.8 Å². The molecule has 0 N–H and O–H groups in total. The summed E-state index contributed by atoms with van der Waals surface area (Å²) in [5, 5.41) is 0. The van der Waals surface area contributed by atoms with Crippen molar-refractivity contribution in [3.63, 3.8) is 0 Å². The van der Waals surface area contributed by atoms with Crippen LogP contribution in [0.15, 0.2) is 60.7 Å². The lowest BCUT2D eigenvalue weighted by Gasteiger charge is -2.57. The van der Waals surface area contributed by atoms with Gasteiger partial charge in [-0.15, -0.1) is 0 Å². The van der Waals surface area contributed by atoms with E-state index in [1.54, 1.807) is 0 Å². The zero-order valence-electron chi connectivity index (χ0n) is 16.3. The van der Waals surface area contributed by atoms with Gasteiger partial charge in [0.15, 0.2) is 0 Å². The molecule has 3 saturated heterocycles. The molecule has 3 aliphatic heterocycles. The van der Waals surface area contributed by atoms with E-state index in [1.807, 2.05) is 0 Å². The number of nitrogens with zero attached hydrogens (tertiary/aromatic N) is 2. The molecule has 5 rings (SSSR count). The maximum Gasteiger partial charge on any atom is 0.112 e. The van der Waals surface area contributed by atoms with E-state index >= 15 is 0 Å². The van der Waals surface area contributed by atoms with Crippen molar-refractivity contribution >= 4 is 22.6 Å². The predicted molar refractivity (Wildman–Crippen MR) is 120 cm³/mol. The number of halogens is 1. The van der Waals surface area contributed by atoms with Crippen LogP contribution in [-0.4, -0.2) is 44.5 Å². The maximum atomic E-state index is 2.90. The van der Waals surface area contributed by atoms with Gasteiger partial charge < -0.3 is 4.48 Å². The van der Waals surface area contributed by atoms with Crippen molar-refractivity contribution in [1.29, 1.82) is 0 Å². The number of piperidine rings is 1. The second kappa shape index (κ2) is 6.85.